The van der Waals surface area contributed by atoms with Crippen LogP contribution in [-0.2, 0) is 19.0 Å². The zero-order valence-electron chi connectivity index (χ0n) is 23.2. The predicted molar refractivity (Wildman–Crippen MR) is 139 cm³/mol. The van der Waals surface area contributed by atoms with E-state index in [1.165, 1.54) is 0 Å². The topological polar surface area (TPSA) is 91.3 Å². The lowest BCUT2D eigenvalue weighted by molar-refractivity contribution is -0.302. The Morgan fingerprint density at radius 1 is 1.13 bits per heavy atom. The summed E-state index contributed by atoms with van der Waals surface area (Å²) in [7, 11) is 1.56. The number of carbonyl (C=O) groups is 2. The van der Waals surface area contributed by atoms with Crippen LogP contribution in [0.5, 0.6) is 5.75 Å². The minimum absolute atomic E-state index is 0.00349. The number of ketones is 1. The molecule has 1 aromatic carbocycles. The van der Waals surface area contributed by atoms with E-state index in [9.17, 15) is 14.7 Å². The van der Waals surface area contributed by atoms with Crippen molar-refractivity contribution in [3.8, 4) is 5.75 Å². The normalized spacial score (nSPS) is 41.8. The number of hydrogen-bond donors (Lipinski definition) is 1. The van der Waals surface area contributed by atoms with E-state index >= 15 is 0 Å². The Balaban J connectivity index is 1.49. The molecule has 0 unspecified atom stereocenters. The molecule has 1 aromatic rings. The number of Topliss-reactive ketones (excluding diaryl/α,β-unsaturated/α-hetero) is 1. The van der Waals surface area contributed by atoms with E-state index in [1.54, 1.807) is 31.4 Å². The number of ether oxygens (including phenoxy) is 4. The van der Waals surface area contributed by atoms with Gasteiger partial charge in [0.05, 0.1) is 24.7 Å². The second kappa shape index (κ2) is 8.03. The number of esters is 1. The van der Waals surface area contributed by atoms with E-state index in [0.29, 0.717) is 22.8 Å². The minimum Gasteiger partial charge on any atom is -0.497 e. The molecule has 1 aliphatic heterocycles. The van der Waals surface area contributed by atoms with Crippen LogP contribution in [-0.4, -0.2) is 54.2 Å². The predicted octanol–water partition coefficient (Wildman–Crippen LogP) is 4.49. The molecule has 7 nitrogen and oxygen atoms in total. The standard InChI is InChI=1S/C31H38O7/c1-16-14-30-17(2)12-22-23(28(22,3)4)21(24(30)32)13-19-15-36-29(5,6)38-26(19)31(30,34)25(16)37-27(33)18-8-10-20(35-7)11-9-18/h8-11,13-14,17,21-23,25-26,34H,12,15H2,1-7H3/t17-,21+,22-,23+,25+,26-,30+,31-/m1/s1. The molecule has 6 rings (SSSR count). The maximum absolute atomic E-state index is 14.7. The molecule has 1 saturated heterocycles. The fourth-order valence-electron chi connectivity index (χ4n) is 8.20. The summed E-state index contributed by atoms with van der Waals surface area (Å²) in [6, 6.07) is 6.64. The molecule has 0 amide bonds. The largest absolute Gasteiger partial charge is 0.497 e. The summed E-state index contributed by atoms with van der Waals surface area (Å²) in [4.78, 5) is 28.1. The molecule has 7 heteroatoms. The van der Waals surface area contributed by atoms with E-state index in [2.05, 4.69) is 20.8 Å². The van der Waals surface area contributed by atoms with Crippen molar-refractivity contribution in [2.24, 2.45) is 34.5 Å². The zero-order chi connectivity index (χ0) is 27.4. The third-order valence-electron chi connectivity index (χ3n) is 10.2. The average molecular weight is 523 g/mol. The monoisotopic (exact) mass is 522 g/mol. The van der Waals surface area contributed by atoms with Crippen molar-refractivity contribution in [2.45, 2.75) is 71.6 Å². The SMILES string of the molecule is COc1ccc(C(=O)O[C@H]2C(C)=C[C@]34C(=O)[C@@H](C=C5COC(C)(C)O[C@H]5[C@]23O)[C@H]2[C@@H](C[C@H]4C)C2(C)C)cc1. The first-order chi connectivity index (χ1) is 17.8. The minimum atomic E-state index is -1.82. The number of rotatable bonds is 3. The lowest BCUT2D eigenvalue weighted by atomic mass is 9.59. The van der Waals surface area contributed by atoms with Gasteiger partial charge in [0.2, 0.25) is 0 Å². The highest BCUT2D eigenvalue weighted by Crippen LogP contribution is 2.72. The van der Waals surface area contributed by atoms with Crippen molar-refractivity contribution in [3.05, 3.63) is 53.1 Å². The average Bonchev–Trinajstić information content (AvgIpc) is 3.36. The maximum Gasteiger partial charge on any atom is 0.338 e. The Morgan fingerprint density at radius 2 is 1.82 bits per heavy atom. The molecule has 3 fully saturated rings. The molecule has 1 N–H and O–H groups in total. The van der Waals surface area contributed by atoms with E-state index in [1.807, 2.05) is 32.9 Å². The van der Waals surface area contributed by atoms with Crippen LogP contribution < -0.4 is 4.74 Å². The smallest absolute Gasteiger partial charge is 0.338 e. The van der Waals surface area contributed by atoms with Crippen LogP contribution in [0.3, 0.4) is 0 Å². The lowest BCUT2D eigenvalue weighted by Crippen LogP contribution is -2.68. The van der Waals surface area contributed by atoms with Crippen LogP contribution in [0.1, 0.15) is 58.3 Å². The van der Waals surface area contributed by atoms with Crippen LogP contribution >= 0.6 is 0 Å². The Labute approximate surface area is 224 Å². The molecular weight excluding hydrogens is 484 g/mol. The fourth-order valence-corrected chi connectivity index (χ4v) is 8.20. The van der Waals surface area contributed by atoms with Crippen LogP contribution in [0.15, 0.2) is 47.6 Å². The summed E-state index contributed by atoms with van der Waals surface area (Å²) in [6.07, 6.45) is 2.78. The second-order valence-corrected chi connectivity index (χ2v) is 13.0. The summed E-state index contributed by atoms with van der Waals surface area (Å²) in [5, 5.41) is 13.0. The van der Waals surface area contributed by atoms with Gasteiger partial charge < -0.3 is 24.1 Å². The van der Waals surface area contributed by atoms with Gasteiger partial charge in [0.25, 0.3) is 0 Å². The zero-order valence-corrected chi connectivity index (χ0v) is 23.2. The number of aliphatic hydroxyl groups is 1. The molecule has 0 radical (unpaired) electrons. The number of fused-ring (bicyclic) bond motifs is 5. The van der Waals surface area contributed by atoms with Crippen LogP contribution in [0.4, 0.5) is 0 Å². The van der Waals surface area contributed by atoms with Gasteiger partial charge in [0.15, 0.2) is 23.3 Å². The summed E-state index contributed by atoms with van der Waals surface area (Å²) < 4.78 is 23.8. The Kier molecular flexibility index (Phi) is 5.44. The van der Waals surface area contributed by atoms with Crippen molar-refractivity contribution in [2.75, 3.05) is 13.7 Å². The Hall–Kier alpha value is -2.48. The van der Waals surface area contributed by atoms with Crippen molar-refractivity contribution in [1.29, 1.82) is 0 Å². The summed E-state index contributed by atoms with van der Waals surface area (Å²) in [5.41, 5.74) is -1.29. The molecule has 204 valence electrons. The first-order valence-electron chi connectivity index (χ1n) is 13.6. The highest BCUT2D eigenvalue weighted by atomic mass is 16.7. The van der Waals surface area contributed by atoms with Gasteiger partial charge in [-0.05, 0) is 85.8 Å². The second-order valence-electron chi connectivity index (χ2n) is 13.0. The molecule has 2 bridgehead atoms. The van der Waals surface area contributed by atoms with Crippen molar-refractivity contribution >= 4 is 11.8 Å². The molecule has 5 aliphatic rings. The number of methoxy groups -OCH3 is 1. The lowest BCUT2D eigenvalue weighted by Gasteiger charge is -2.52. The molecule has 2 saturated carbocycles. The maximum atomic E-state index is 14.7. The van der Waals surface area contributed by atoms with Gasteiger partial charge in [-0.2, -0.15) is 0 Å². The summed E-state index contributed by atoms with van der Waals surface area (Å²) >= 11 is 0. The van der Waals surface area contributed by atoms with Crippen LogP contribution in [0.2, 0.25) is 0 Å². The molecule has 4 aliphatic carbocycles. The summed E-state index contributed by atoms with van der Waals surface area (Å²) in [6.45, 7) is 12.2. The number of allylic oxidation sites excluding steroid dienone is 1. The Bertz CT molecular complexity index is 1260. The molecular formula is C31H38O7. The van der Waals surface area contributed by atoms with Gasteiger partial charge in [-0.3, -0.25) is 4.79 Å². The van der Waals surface area contributed by atoms with Gasteiger partial charge >= 0.3 is 5.97 Å². The number of benzene rings is 1. The highest BCUT2D eigenvalue weighted by Gasteiger charge is 2.77. The third-order valence-corrected chi connectivity index (χ3v) is 10.2. The molecule has 38 heavy (non-hydrogen) atoms. The van der Waals surface area contributed by atoms with Gasteiger partial charge in [-0.25, -0.2) is 4.79 Å². The van der Waals surface area contributed by atoms with Gasteiger partial charge in [0, 0.05) is 5.92 Å². The number of hydrogen-bond acceptors (Lipinski definition) is 7. The first kappa shape index (κ1) is 25.8. The van der Waals surface area contributed by atoms with Crippen molar-refractivity contribution in [3.63, 3.8) is 0 Å². The van der Waals surface area contributed by atoms with Crippen molar-refractivity contribution in [1.82, 2.24) is 0 Å². The van der Waals surface area contributed by atoms with Crippen molar-refractivity contribution < 1.29 is 33.6 Å². The Morgan fingerprint density at radius 3 is 2.47 bits per heavy atom. The summed E-state index contributed by atoms with van der Waals surface area (Å²) in [5.74, 6) is -0.916. The van der Waals surface area contributed by atoms with Gasteiger partial charge in [0.1, 0.15) is 11.9 Å². The van der Waals surface area contributed by atoms with E-state index in [-0.39, 0.29) is 35.6 Å². The highest BCUT2D eigenvalue weighted by molar-refractivity contribution is 5.96. The molecule has 1 heterocycles. The van der Waals surface area contributed by atoms with E-state index < -0.39 is 35.0 Å². The molecule has 8 atom stereocenters. The first-order valence-corrected chi connectivity index (χ1v) is 13.6. The number of carbonyl (C=O) groups excluding carboxylic acids is 2. The molecule has 1 spiro atoms. The van der Waals surface area contributed by atoms with Gasteiger partial charge in [-0.1, -0.05) is 32.9 Å². The quantitative estimate of drug-likeness (QED) is 0.462. The van der Waals surface area contributed by atoms with Crippen LogP contribution in [0, 0.1) is 34.5 Å². The molecule has 0 aromatic heterocycles. The van der Waals surface area contributed by atoms with Gasteiger partial charge in [-0.15, -0.1) is 0 Å². The van der Waals surface area contributed by atoms with Crippen LogP contribution in [0.25, 0.3) is 0 Å². The van der Waals surface area contributed by atoms with E-state index in [4.69, 9.17) is 18.9 Å². The fraction of sp³-hybridized carbons (Fsp3) is 0.613. The third kappa shape index (κ3) is 3.24. The van der Waals surface area contributed by atoms with E-state index in [0.717, 1.165) is 12.0 Å².